The van der Waals surface area contributed by atoms with Crippen molar-refractivity contribution in [2.24, 2.45) is 0 Å². The number of rotatable bonds is 4. The summed E-state index contributed by atoms with van der Waals surface area (Å²) in [6.07, 6.45) is 0. The molecule has 0 heterocycles. The van der Waals surface area contributed by atoms with E-state index in [-0.39, 0.29) is 6.54 Å². The van der Waals surface area contributed by atoms with Crippen molar-refractivity contribution >= 4 is 23.7 Å². The molecule has 0 saturated carbocycles. The molecule has 0 saturated heterocycles. The molecule has 0 bridgehead atoms. The van der Waals surface area contributed by atoms with Gasteiger partial charge in [0, 0.05) is 0 Å². The zero-order valence-electron chi connectivity index (χ0n) is 5.93. The van der Waals surface area contributed by atoms with E-state index in [9.17, 15) is 9.59 Å². The Labute approximate surface area is 68.8 Å². The number of amides is 1. The number of carbonyl (C=O) groups is 2. The van der Waals surface area contributed by atoms with Gasteiger partial charge in [0.25, 0.3) is 0 Å². The Bertz CT molecular complexity index is 162. The third kappa shape index (κ3) is 4.58. The van der Waals surface area contributed by atoms with Gasteiger partial charge in [-0.25, -0.2) is 4.84 Å². The summed E-state index contributed by atoms with van der Waals surface area (Å²) in [6.45, 7) is 1.27. The lowest BCUT2D eigenvalue weighted by Crippen LogP contribution is -2.41. The van der Waals surface area contributed by atoms with Gasteiger partial charge in [0.05, 0.1) is 6.54 Å². The van der Waals surface area contributed by atoms with Gasteiger partial charge in [-0.2, -0.15) is 0 Å². The van der Waals surface area contributed by atoms with Gasteiger partial charge in [0.15, 0.2) is 0 Å². The fourth-order valence-electron chi connectivity index (χ4n) is 0.415. The van der Waals surface area contributed by atoms with E-state index < -0.39 is 17.9 Å². The van der Waals surface area contributed by atoms with Crippen molar-refractivity contribution in [3.8, 4) is 0 Å². The van der Waals surface area contributed by atoms with E-state index in [2.05, 4.69) is 10.2 Å². The Hall–Kier alpha value is -0.810. The maximum atomic E-state index is 10.6. The van der Waals surface area contributed by atoms with E-state index in [1.807, 2.05) is 0 Å². The summed E-state index contributed by atoms with van der Waals surface area (Å²) in [5.41, 5.74) is 0. The molecule has 64 valence electrons. The van der Waals surface area contributed by atoms with Crippen LogP contribution in [0.5, 0.6) is 0 Å². The second-order valence-corrected chi connectivity index (χ2v) is 2.21. The molecule has 0 rings (SSSR count). The first-order chi connectivity index (χ1) is 5.07. The zero-order chi connectivity index (χ0) is 8.85. The molecule has 1 amide bonds. The van der Waals surface area contributed by atoms with E-state index in [1.165, 1.54) is 6.92 Å². The third-order valence-electron chi connectivity index (χ3n) is 0.975. The molecule has 0 aromatic rings. The monoisotopic (exact) mass is 180 g/mol. The number of nitrogens with one attached hydrogen (secondary N) is 2. The molecule has 0 radical (unpaired) electrons. The number of hydrogen-bond acceptors (Lipinski definition) is 3. The highest BCUT2D eigenvalue weighted by atomic mass is 35.5. The fraction of sp³-hybridized carbons (Fsp3) is 0.600. The summed E-state index contributed by atoms with van der Waals surface area (Å²) in [7, 11) is 0. The van der Waals surface area contributed by atoms with Gasteiger partial charge in [0.1, 0.15) is 6.04 Å². The van der Waals surface area contributed by atoms with Crippen LogP contribution < -0.4 is 10.2 Å². The van der Waals surface area contributed by atoms with Gasteiger partial charge in [-0.05, 0) is 18.7 Å². The number of carboxylic acid groups (broad SMARTS) is 1. The van der Waals surface area contributed by atoms with Crippen LogP contribution in [0.3, 0.4) is 0 Å². The lowest BCUT2D eigenvalue weighted by atomic mass is 10.3. The molecular weight excluding hydrogens is 172 g/mol. The summed E-state index contributed by atoms with van der Waals surface area (Å²) in [6, 6.07) is -0.882. The molecule has 0 aromatic carbocycles. The van der Waals surface area contributed by atoms with Crippen molar-refractivity contribution in [1.82, 2.24) is 10.2 Å². The Morgan fingerprint density at radius 1 is 1.64 bits per heavy atom. The number of carboxylic acids is 1. The van der Waals surface area contributed by atoms with Crippen molar-refractivity contribution in [2.75, 3.05) is 6.54 Å². The first-order valence-electron chi connectivity index (χ1n) is 2.93. The quantitative estimate of drug-likeness (QED) is 0.501. The van der Waals surface area contributed by atoms with E-state index in [0.717, 1.165) is 0 Å². The first kappa shape index (κ1) is 10.2. The summed E-state index contributed by atoms with van der Waals surface area (Å²) in [5, 5.41) is 10.5. The van der Waals surface area contributed by atoms with Crippen LogP contribution in [-0.4, -0.2) is 29.6 Å². The Morgan fingerprint density at radius 3 is 2.55 bits per heavy atom. The maximum absolute atomic E-state index is 10.6. The molecule has 0 aliphatic carbocycles. The molecule has 0 aliphatic rings. The van der Waals surface area contributed by atoms with Crippen molar-refractivity contribution < 1.29 is 14.7 Å². The van der Waals surface area contributed by atoms with Crippen molar-refractivity contribution in [3.63, 3.8) is 0 Å². The van der Waals surface area contributed by atoms with E-state index in [0.29, 0.717) is 0 Å². The normalized spacial score (nSPS) is 12.2. The predicted octanol–water partition coefficient (Wildman–Crippen LogP) is -0.681. The van der Waals surface area contributed by atoms with Crippen molar-refractivity contribution in [2.45, 2.75) is 13.0 Å². The van der Waals surface area contributed by atoms with Crippen molar-refractivity contribution in [1.29, 1.82) is 0 Å². The van der Waals surface area contributed by atoms with Crippen LogP contribution in [0, 0.1) is 0 Å². The van der Waals surface area contributed by atoms with Gasteiger partial charge in [0.2, 0.25) is 5.91 Å². The molecule has 0 aromatic heterocycles. The minimum atomic E-state index is -1.08. The summed E-state index contributed by atoms with van der Waals surface area (Å²) in [4.78, 5) is 22.9. The van der Waals surface area contributed by atoms with Gasteiger partial charge >= 0.3 is 5.97 Å². The Balaban J connectivity index is 3.66. The molecule has 0 aliphatic heterocycles. The van der Waals surface area contributed by atoms with E-state index in [1.54, 1.807) is 0 Å². The molecule has 0 spiro atoms. The predicted molar refractivity (Wildman–Crippen MR) is 39.1 cm³/mol. The average molecular weight is 181 g/mol. The van der Waals surface area contributed by atoms with E-state index >= 15 is 0 Å². The van der Waals surface area contributed by atoms with Gasteiger partial charge in [-0.1, -0.05) is 0 Å². The average Bonchev–Trinajstić information content (AvgIpc) is 1.87. The van der Waals surface area contributed by atoms with Crippen LogP contribution in [0.2, 0.25) is 0 Å². The minimum Gasteiger partial charge on any atom is -0.480 e. The van der Waals surface area contributed by atoms with E-state index in [4.69, 9.17) is 16.9 Å². The molecular formula is C5H9ClN2O3. The number of carbonyl (C=O) groups excluding carboxylic acids is 1. The Kier molecular flexibility index (Phi) is 4.56. The number of halogens is 1. The molecule has 0 fully saturated rings. The fourth-order valence-corrected chi connectivity index (χ4v) is 0.536. The zero-order valence-corrected chi connectivity index (χ0v) is 6.68. The minimum absolute atomic E-state index is 0.0980. The molecule has 0 unspecified atom stereocenters. The summed E-state index contributed by atoms with van der Waals surface area (Å²) < 4.78 is 0. The summed E-state index contributed by atoms with van der Waals surface area (Å²) >= 11 is 5.00. The largest absolute Gasteiger partial charge is 0.480 e. The first-order valence-corrected chi connectivity index (χ1v) is 3.31. The second kappa shape index (κ2) is 4.92. The molecule has 5 nitrogen and oxygen atoms in total. The summed E-state index contributed by atoms with van der Waals surface area (Å²) in [5.74, 6) is -1.53. The SMILES string of the molecule is C[C@H](NC(=O)CNCl)C(=O)O. The van der Waals surface area contributed by atoms with Crippen LogP contribution in [0.15, 0.2) is 0 Å². The molecule has 11 heavy (non-hydrogen) atoms. The lowest BCUT2D eigenvalue weighted by molar-refractivity contribution is -0.141. The standard InChI is InChI=1S/C5H9ClN2O3/c1-3(5(10)11)8-4(9)2-7-6/h3,7H,2H2,1H3,(H,8,9)(H,10,11)/t3-/m0/s1. The highest BCUT2D eigenvalue weighted by Crippen LogP contribution is 1.80. The Morgan fingerprint density at radius 2 is 2.18 bits per heavy atom. The third-order valence-corrected chi connectivity index (χ3v) is 1.11. The second-order valence-electron chi connectivity index (χ2n) is 1.94. The smallest absolute Gasteiger partial charge is 0.325 e. The van der Waals surface area contributed by atoms with Crippen LogP contribution in [0.1, 0.15) is 6.92 Å². The van der Waals surface area contributed by atoms with Crippen LogP contribution >= 0.6 is 11.8 Å². The lowest BCUT2D eigenvalue weighted by Gasteiger charge is -2.07. The van der Waals surface area contributed by atoms with Crippen molar-refractivity contribution in [3.05, 3.63) is 0 Å². The topological polar surface area (TPSA) is 78.4 Å². The molecule has 3 N–H and O–H groups in total. The van der Waals surface area contributed by atoms with Crippen LogP contribution in [0.4, 0.5) is 0 Å². The molecule has 6 heteroatoms. The van der Waals surface area contributed by atoms with Crippen LogP contribution in [-0.2, 0) is 9.59 Å². The van der Waals surface area contributed by atoms with Gasteiger partial charge in [-0.3, -0.25) is 9.59 Å². The highest BCUT2D eigenvalue weighted by molar-refractivity contribution is 6.14. The molecule has 1 atom stereocenters. The maximum Gasteiger partial charge on any atom is 0.325 e. The van der Waals surface area contributed by atoms with Crippen LogP contribution in [0.25, 0.3) is 0 Å². The number of aliphatic carboxylic acids is 1. The number of hydrogen-bond donors (Lipinski definition) is 3. The van der Waals surface area contributed by atoms with Gasteiger partial charge in [-0.15, -0.1) is 0 Å². The van der Waals surface area contributed by atoms with Gasteiger partial charge < -0.3 is 10.4 Å². The highest BCUT2D eigenvalue weighted by Gasteiger charge is 2.12.